The number of ether oxygens (including phenoxy) is 1. The van der Waals surface area contributed by atoms with E-state index >= 15 is 0 Å². The minimum absolute atomic E-state index is 0.0392. The highest BCUT2D eigenvalue weighted by Gasteiger charge is 2.07. The molecule has 0 bridgehead atoms. The Morgan fingerprint density at radius 3 is 2.50 bits per heavy atom. The third-order valence-corrected chi connectivity index (χ3v) is 2.47. The molecule has 2 rings (SSSR count). The van der Waals surface area contributed by atoms with E-state index in [0.717, 1.165) is 5.69 Å². The largest absolute Gasteiger partial charge is 0.495 e. The summed E-state index contributed by atoms with van der Waals surface area (Å²) < 4.78 is 7.23. The molecule has 0 radical (unpaired) electrons. The van der Waals surface area contributed by atoms with Crippen molar-refractivity contribution in [3.8, 4) is 11.4 Å². The second kappa shape index (κ2) is 4.23. The fourth-order valence-corrected chi connectivity index (χ4v) is 1.61. The standard InChI is InChI=1S/C13H13NO2/c1-10(15)11-5-6-12(13(9-11)16-2)14-7-3-4-8-14/h3-9H,1-2H3. The lowest BCUT2D eigenvalue weighted by Gasteiger charge is -2.10. The lowest BCUT2D eigenvalue weighted by Crippen LogP contribution is -1.99. The molecule has 0 N–H and O–H groups in total. The van der Waals surface area contributed by atoms with Gasteiger partial charge in [0.1, 0.15) is 5.75 Å². The quantitative estimate of drug-likeness (QED) is 0.737. The topological polar surface area (TPSA) is 31.2 Å². The van der Waals surface area contributed by atoms with Crippen molar-refractivity contribution < 1.29 is 9.53 Å². The average Bonchev–Trinajstić information content (AvgIpc) is 2.81. The van der Waals surface area contributed by atoms with Crippen LogP contribution < -0.4 is 4.74 Å². The molecule has 1 aromatic heterocycles. The van der Waals surface area contributed by atoms with Crippen LogP contribution in [0.4, 0.5) is 0 Å². The molecule has 3 nitrogen and oxygen atoms in total. The predicted molar refractivity (Wildman–Crippen MR) is 62.3 cm³/mol. The Kier molecular flexibility index (Phi) is 2.77. The van der Waals surface area contributed by atoms with Crippen LogP contribution in [0.3, 0.4) is 0 Å². The van der Waals surface area contributed by atoms with Crippen LogP contribution in [0, 0.1) is 0 Å². The molecule has 0 amide bonds. The third kappa shape index (κ3) is 1.84. The Labute approximate surface area is 94.3 Å². The van der Waals surface area contributed by atoms with Gasteiger partial charge >= 0.3 is 0 Å². The van der Waals surface area contributed by atoms with Gasteiger partial charge in [-0.1, -0.05) is 0 Å². The van der Waals surface area contributed by atoms with Gasteiger partial charge in [0.2, 0.25) is 0 Å². The Morgan fingerprint density at radius 1 is 1.25 bits per heavy atom. The third-order valence-electron chi connectivity index (χ3n) is 2.47. The van der Waals surface area contributed by atoms with Crippen molar-refractivity contribution in [3.63, 3.8) is 0 Å². The van der Waals surface area contributed by atoms with Crippen molar-refractivity contribution in [2.75, 3.05) is 7.11 Å². The van der Waals surface area contributed by atoms with Crippen LogP contribution in [0.15, 0.2) is 42.7 Å². The first-order chi connectivity index (χ1) is 7.72. The van der Waals surface area contributed by atoms with E-state index in [-0.39, 0.29) is 5.78 Å². The number of hydrogen-bond donors (Lipinski definition) is 0. The minimum atomic E-state index is 0.0392. The van der Waals surface area contributed by atoms with E-state index in [1.807, 2.05) is 35.2 Å². The van der Waals surface area contributed by atoms with E-state index in [2.05, 4.69) is 0 Å². The molecule has 0 saturated carbocycles. The zero-order valence-corrected chi connectivity index (χ0v) is 9.31. The summed E-state index contributed by atoms with van der Waals surface area (Å²) in [5.74, 6) is 0.737. The minimum Gasteiger partial charge on any atom is -0.495 e. The normalized spacial score (nSPS) is 10.1. The number of hydrogen-bond acceptors (Lipinski definition) is 2. The van der Waals surface area contributed by atoms with Gasteiger partial charge in [0.15, 0.2) is 5.78 Å². The predicted octanol–water partition coefficient (Wildman–Crippen LogP) is 2.69. The molecule has 82 valence electrons. The Hall–Kier alpha value is -2.03. The molecule has 2 aromatic rings. The van der Waals surface area contributed by atoms with Crippen LogP contribution in [-0.2, 0) is 0 Å². The second-order valence-corrected chi connectivity index (χ2v) is 3.53. The number of ketones is 1. The van der Waals surface area contributed by atoms with Crippen molar-refractivity contribution in [1.82, 2.24) is 4.57 Å². The summed E-state index contributed by atoms with van der Waals surface area (Å²) in [6.45, 7) is 1.55. The molecule has 0 spiro atoms. The van der Waals surface area contributed by atoms with Gasteiger partial charge in [-0.3, -0.25) is 4.79 Å². The molecule has 0 unspecified atom stereocenters. The SMILES string of the molecule is COc1cc(C(C)=O)ccc1-n1cccc1. The molecule has 0 saturated heterocycles. The van der Waals surface area contributed by atoms with E-state index < -0.39 is 0 Å². The highest BCUT2D eigenvalue weighted by atomic mass is 16.5. The molecular weight excluding hydrogens is 202 g/mol. The summed E-state index contributed by atoms with van der Waals surface area (Å²) >= 11 is 0. The summed E-state index contributed by atoms with van der Waals surface area (Å²) in [5, 5.41) is 0. The van der Waals surface area contributed by atoms with Crippen LogP contribution in [0.5, 0.6) is 5.75 Å². The molecule has 16 heavy (non-hydrogen) atoms. The molecular formula is C13H13NO2. The lowest BCUT2D eigenvalue weighted by atomic mass is 10.1. The molecule has 1 aromatic carbocycles. The maximum absolute atomic E-state index is 11.2. The molecule has 1 heterocycles. The number of methoxy groups -OCH3 is 1. The van der Waals surface area contributed by atoms with Crippen LogP contribution in [0.25, 0.3) is 5.69 Å². The number of nitrogens with zero attached hydrogens (tertiary/aromatic N) is 1. The zero-order valence-electron chi connectivity index (χ0n) is 9.31. The highest BCUT2D eigenvalue weighted by Crippen LogP contribution is 2.24. The summed E-state index contributed by atoms with van der Waals surface area (Å²) in [5.41, 5.74) is 1.59. The lowest BCUT2D eigenvalue weighted by molar-refractivity contribution is 0.101. The van der Waals surface area contributed by atoms with Gasteiger partial charge in [-0.15, -0.1) is 0 Å². The van der Waals surface area contributed by atoms with Crippen LogP contribution in [0.2, 0.25) is 0 Å². The van der Waals surface area contributed by atoms with Gasteiger partial charge in [-0.2, -0.15) is 0 Å². The zero-order chi connectivity index (χ0) is 11.5. The maximum Gasteiger partial charge on any atom is 0.159 e. The Balaban J connectivity index is 2.51. The van der Waals surface area contributed by atoms with E-state index in [9.17, 15) is 4.79 Å². The highest BCUT2D eigenvalue weighted by molar-refractivity contribution is 5.94. The van der Waals surface area contributed by atoms with Crippen molar-refractivity contribution in [1.29, 1.82) is 0 Å². The van der Waals surface area contributed by atoms with Gasteiger partial charge in [0, 0.05) is 18.0 Å². The first kappa shape index (κ1) is 10.5. The Morgan fingerprint density at radius 2 is 1.94 bits per heavy atom. The number of carbonyl (C=O) groups excluding carboxylic acids is 1. The monoisotopic (exact) mass is 215 g/mol. The molecule has 3 heteroatoms. The van der Waals surface area contributed by atoms with E-state index in [1.54, 1.807) is 26.2 Å². The summed E-state index contributed by atoms with van der Waals surface area (Å²) in [4.78, 5) is 11.2. The van der Waals surface area contributed by atoms with Gasteiger partial charge in [-0.25, -0.2) is 0 Å². The summed E-state index contributed by atoms with van der Waals surface area (Å²) in [6.07, 6.45) is 3.87. The Bertz CT molecular complexity index is 501. The number of rotatable bonds is 3. The number of Topliss-reactive ketones (excluding diaryl/α,β-unsaturated/α-hetero) is 1. The molecule has 0 aliphatic carbocycles. The van der Waals surface area contributed by atoms with Crippen molar-refractivity contribution in [3.05, 3.63) is 48.3 Å². The smallest absolute Gasteiger partial charge is 0.159 e. The number of aromatic nitrogens is 1. The number of carbonyl (C=O) groups is 1. The van der Waals surface area contributed by atoms with Crippen LogP contribution >= 0.6 is 0 Å². The van der Waals surface area contributed by atoms with E-state index in [0.29, 0.717) is 11.3 Å². The second-order valence-electron chi connectivity index (χ2n) is 3.53. The average molecular weight is 215 g/mol. The van der Waals surface area contributed by atoms with Crippen LogP contribution in [-0.4, -0.2) is 17.5 Å². The van der Waals surface area contributed by atoms with Crippen LogP contribution in [0.1, 0.15) is 17.3 Å². The van der Waals surface area contributed by atoms with Crippen molar-refractivity contribution in [2.45, 2.75) is 6.92 Å². The fourth-order valence-electron chi connectivity index (χ4n) is 1.61. The summed E-state index contributed by atoms with van der Waals surface area (Å²) in [7, 11) is 1.60. The van der Waals surface area contributed by atoms with Gasteiger partial charge in [-0.05, 0) is 37.3 Å². The van der Waals surface area contributed by atoms with Gasteiger partial charge in [0.25, 0.3) is 0 Å². The molecule has 0 aliphatic heterocycles. The molecule has 0 fully saturated rings. The van der Waals surface area contributed by atoms with Gasteiger partial charge < -0.3 is 9.30 Å². The first-order valence-electron chi connectivity index (χ1n) is 5.04. The van der Waals surface area contributed by atoms with Crippen molar-refractivity contribution >= 4 is 5.78 Å². The first-order valence-corrected chi connectivity index (χ1v) is 5.04. The maximum atomic E-state index is 11.2. The van der Waals surface area contributed by atoms with Crippen molar-refractivity contribution in [2.24, 2.45) is 0 Å². The molecule has 0 aliphatic rings. The number of benzene rings is 1. The van der Waals surface area contributed by atoms with E-state index in [1.165, 1.54) is 0 Å². The van der Waals surface area contributed by atoms with Gasteiger partial charge in [0.05, 0.1) is 12.8 Å². The summed E-state index contributed by atoms with van der Waals surface area (Å²) in [6, 6.07) is 9.34. The fraction of sp³-hybridized carbons (Fsp3) is 0.154. The molecule has 0 atom stereocenters. The van der Waals surface area contributed by atoms with E-state index in [4.69, 9.17) is 4.74 Å².